The normalized spacial score (nSPS) is 19.4. The molecule has 1 aromatic heterocycles. The van der Waals surface area contributed by atoms with Crippen LogP contribution in [-0.4, -0.2) is 22.1 Å². The second kappa shape index (κ2) is 6.86. The van der Waals surface area contributed by atoms with Gasteiger partial charge in [0.2, 0.25) is 0 Å². The number of amides is 2. The van der Waals surface area contributed by atoms with E-state index in [2.05, 4.69) is 47.7 Å². The van der Waals surface area contributed by atoms with Crippen molar-refractivity contribution in [2.75, 3.05) is 6.54 Å². The Morgan fingerprint density at radius 2 is 2.30 bits per heavy atom. The van der Waals surface area contributed by atoms with Gasteiger partial charge in [0.1, 0.15) is 0 Å². The lowest BCUT2D eigenvalue weighted by molar-refractivity contribution is 0.233. The van der Waals surface area contributed by atoms with Crippen molar-refractivity contribution in [2.45, 2.75) is 39.3 Å². The van der Waals surface area contributed by atoms with Gasteiger partial charge in [0.25, 0.3) is 0 Å². The summed E-state index contributed by atoms with van der Waals surface area (Å²) in [5, 5.41) is 6.09. The van der Waals surface area contributed by atoms with Gasteiger partial charge in [-0.2, -0.15) is 0 Å². The van der Waals surface area contributed by atoms with Gasteiger partial charge in [0, 0.05) is 25.5 Å². The zero-order valence-corrected chi connectivity index (χ0v) is 13.7. The number of benzene rings is 1. The minimum atomic E-state index is -0.0816. The first kappa shape index (κ1) is 15.6. The molecule has 1 heterocycles. The fourth-order valence-electron chi connectivity index (χ4n) is 3.26. The lowest BCUT2D eigenvalue weighted by Gasteiger charge is -2.19. The van der Waals surface area contributed by atoms with Crippen molar-refractivity contribution >= 4 is 6.03 Å². The maximum Gasteiger partial charge on any atom is 0.315 e. The van der Waals surface area contributed by atoms with E-state index in [4.69, 9.17) is 0 Å². The minimum absolute atomic E-state index is 0.0816. The lowest BCUT2D eigenvalue weighted by atomic mass is 10.0. The van der Waals surface area contributed by atoms with Crippen molar-refractivity contribution in [1.29, 1.82) is 0 Å². The van der Waals surface area contributed by atoms with Crippen LogP contribution in [0.5, 0.6) is 0 Å². The Kier molecular flexibility index (Phi) is 4.65. The van der Waals surface area contributed by atoms with Crippen molar-refractivity contribution in [3.8, 4) is 0 Å². The average Bonchev–Trinajstić information content (AvgIpc) is 3.13. The molecule has 3 rings (SSSR count). The Hall–Kier alpha value is -2.30. The van der Waals surface area contributed by atoms with Gasteiger partial charge in [-0.25, -0.2) is 9.78 Å². The summed E-state index contributed by atoms with van der Waals surface area (Å²) in [6, 6.07) is 6.55. The van der Waals surface area contributed by atoms with Crippen LogP contribution >= 0.6 is 0 Å². The molecule has 2 N–H and O–H groups in total. The van der Waals surface area contributed by atoms with Gasteiger partial charge in [-0.15, -0.1) is 0 Å². The summed E-state index contributed by atoms with van der Waals surface area (Å²) in [4.78, 5) is 16.2. The number of nitrogens with one attached hydrogen (secondary N) is 2. The van der Waals surface area contributed by atoms with Crippen LogP contribution in [0.15, 0.2) is 36.9 Å². The Morgan fingerprint density at radius 1 is 1.43 bits per heavy atom. The number of rotatable bonds is 5. The first-order valence-corrected chi connectivity index (χ1v) is 8.23. The highest BCUT2D eigenvalue weighted by Gasteiger charge is 2.30. The SMILES string of the molecule is Cc1ccc2c(c1)C(NC(=O)NCCCn1ccnc1)C(C)C2. The number of nitrogens with zero attached hydrogens (tertiary/aromatic N) is 2. The molecule has 5 heteroatoms. The first-order chi connectivity index (χ1) is 11.1. The lowest BCUT2D eigenvalue weighted by Crippen LogP contribution is -2.39. The number of aryl methyl sites for hydroxylation is 2. The molecule has 0 radical (unpaired) electrons. The number of hydrogen-bond acceptors (Lipinski definition) is 2. The molecule has 0 fully saturated rings. The molecule has 1 aliphatic rings. The predicted molar refractivity (Wildman–Crippen MR) is 90.2 cm³/mol. The van der Waals surface area contributed by atoms with Gasteiger partial charge < -0.3 is 15.2 Å². The molecule has 2 atom stereocenters. The third kappa shape index (κ3) is 3.73. The van der Waals surface area contributed by atoms with Crippen LogP contribution in [0.25, 0.3) is 0 Å². The molecular formula is C18H24N4O. The highest BCUT2D eigenvalue weighted by molar-refractivity contribution is 5.74. The quantitative estimate of drug-likeness (QED) is 0.834. The number of urea groups is 1. The fourth-order valence-corrected chi connectivity index (χ4v) is 3.26. The van der Waals surface area contributed by atoms with E-state index in [9.17, 15) is 4.79 Å². The van der Waals surface area contributed by atoms with Gasteiger partial charge in [-0.1, -0.05) is 30.7 Å². The third-order valence-electron chi connectivity index (χ3n) is 4.47. The number of carbonyl (C=O) groups excluding carboxylic acids is 1. The molecule has 0 bridgehead atoms. The number of hydrogen-bond donors (Lipinski definition) is 2. The van der Waals surface area contributed by atoms with Crippen LogP contribution in [0.4, 0.5) is 4.79 Å². The highest BCUT2D eigenvalue weighted by Crippen LogP contribution is 2.36. The predicted octanol–water partition coefficient (Wildman–Crippen LogP) is 2.81. The van der Waals surface area contributed by atoms with Gasteiger partial charge >= 0.3 is 6.03 Å². The summed E-state index contributed by atoms with van der Waals surface area (Å²) in [5.41, 5.74) is 3.87. The molecule has 0 saturated carbocycles. The van der Waals surface area contributed by atoms with Gasteiger partial charge in [-0.05, 0) is 36.8 Å². The highest BCUT2D eigenvalue weighted by atomic mass is 16.2. The zero-order valence-electron chi connectivity index (χ0n) is 13.7. The summed E-state index contributed by atoms with van der Waals surface area (Å²) in [6.07, 6.45) is 7.40. The van der Waals surface area contributed by atoms with Crippen molar-refractivity contribution in [2.24, 2.45) is 5.92 Å². The second-order valence-corrected chi connectivity index (χ2v) is 6.42. The zero-order chi connectivity index (χ0) is 16.2. The van der Waals surface area contributed by atoms with Crippen molar-refractivity contribution in [3.63, 3.8) is 0 Å². The van der Waals surface area contributed by atoms with Crippen LogP contribution in [0.2, 0.25) is 0 Å². The van der Waals surface area contributed by atoms with Gasteiger partial charge in [-0.3, -0.25) is 0 Å². The molecule has 2 unspecified atom stereocenters. The van der Waals surface area contributed by atoms with E-state index in [0.29, 0.717) is 12.5 Å². The largest absolute Gasteiger partial charge is 0.338 e. The second-order valence-electron chi connectivity index (χ2n) is 6.42. The van der Waals surface area contributed by atoms with Crippen LogP contribution in [0.3, 0.4) is 0 Å². The topological polar surface area (TPSA) is 59.0 Å². The average molecular weight is 312 g/mol. The molecule has 0 aliphatic heterocycles. The van der Waals surface area contributed by atoms with E-state index in [0.717, 1.165) is 19.4 Å². The molecule has 0 spiro atoms. The maximum absolute atomic E-state index is 12.2. The number of imidazole rings is 1. The van der Waals surface area contributed by atoms with Gasteiger partial charge in [0.15, 0.2) is 0 Å². The van der Waals surface area contributed by atoms with Crippen LogP contribution in [0.1, 0.15) is 36.1 Å². The number of aromatic nitrogens is 2. The Bertz CT molecular complexity index is 666. The standard InChI is InChI=1S/C18H24N4O/c1-13-4-5-15-11-14(2)17(16(15)10-13)21-18(23)20-6-3-8-22-9-7-19-12-22/h4-5,7,9-10,12,14,17H,3,6,8,11H2,1-2H3,(H2,20,21,23). The third-order valence-corrected chi connectivity index (χ3v) is 4.47. The first-order valence-electron chi connectivity index (χ1n) is 8.23. The van der Waals surface area contributed by atoms with E-state index in [1.807, 2.05) is 10.8 Å². The monoisotopic (exact) mass is 312 g/mol. The molecular weight excluding hydrogens is 288 g/mol. The Labute approximate surface area is 137 Å². The molecule has 1 aromatic carbocycles. The maximum atomic E-state index is 12.2. The molecule has 0 saturated heterocycles. The molecule has 122 valence electrons. The smallest absolute Gasteiger partial charge is 0.315 e. The summed E-state index contributed by atoms with van der Waals surface area (Å²) >= 11 is 0. The van der Waals surface area contributed by atoms with Crippen molar-refractivity contribution < 1.29 is 4.79 Å². The Balaban J connectivity index is 1.49. The van der Waals surface area contributed by atoms with Crippen molar-refractivity contribution in [3.05, 3.63) is 53.6 Å². The van der Waals surface area contributed by atoms with E-state index < -0.39 is 0 Å². The minimum Gasteiger partial charge on any atom is -0.338 e. The summed E-state index contributed by atoms with van der Waals surface area (Å²) in [5.74, 6) is 0.434. The van der Waals surface area contributed by atoms with E-state index in [1.165, 1.54) is 16.7 Å². The molecule has 5 nitrogen and oxygen atoms in total. The molecule has 2 aromatic rings. The van der Waals surface area contributed by atoms with E-state index in [1.54, 1.807) is 12.5 Å². The molecule has 23 heavy (non-hydrogen) atoms. The van der Waals surface area contributed by atoms with Crippen molar-refractivity contribution in [1.82, 2.24) is 20.2 Å². The van der Waals surface area contributed by atoms with Crippen LogP contribution in [0, 0.1) is 12.8 Å². The Morgan fingerprint density at radius 3 is 3.09 bits per heavy atom. The molecule has 1 aliphatic carbocycles. The van der Waals surface area contributed by atoms with E-state index in [-0.39, 0.29) is 12.1 Å². The number of carbonyl (C=O) groups is 1. The summed E-state index contributed by atoms with van der Waals surface area (Å²) in [6.45, 7) is 5.81. The summed E-state index contributed by atoms with van der Waals surface area (Å²) in [7, 11) is 0. The van der Waals surface area contributed by atoms with Crippen LogP contribution in [-0.2, 0) is 13.0 Å². The van der Waals surface area contributed by atoms with E-state index >= 15 is 0 Å². The van der Waals surface area contributed by atoms with Gasteiger partial charge in [0.05, 0.1) is 12.4 Å². The number of fused-ring (bicyclic) bond motifs is 1. The fraction of sp³-hybridized carbons (Fsp3) is 0.444. The van der Waals surface area contributed by atoms with Crippen LogP contribution < -0.4 is 10.6 Å². The summed E-state index contributed by atoms with van der Waals surface area (Å²) < 4.78 is 2.01. The molecule has 2 amide bonds.